The van der Waals surface area contributed by atoms with Gasteiger partial charge in [-0.05, 0) is 24.8 Å². The highest BCUT2D eigenvalue weighted by Gasteiger charge is 2.46. The van der Waals surface area contributed by atoms with Gasteiger partial charge in [-0.1, -0.05) is 30.3 Å². The minimum Gasteiger partial charge on any atom is -0.378 e. The molecule has 134 valence electrons. The molecule has 25 heavy (non-hydrogen) atoms. The number of morpholine rings is 1. The Labute approximate surface area is 148 Å². The fourth-order valence-corrected chi connectivity index (χ4v) is 4.25. The van der Waals surface area contributed by atoms with Crippen LogP contribution in [0.1, 0.15) is 30.7 Å². The van der Waals surface area contributed by atoms with E-state index in [-0.39, 0.29) is 23.4 Å². The molecule has 3 aliphatic heterocycles. The molecule has 3 amide bonds. The van der Waals surface area contributed by atoms with Gasteiger partial charge in [-0.3, -0.25) is 4.79 Å². The lowest BCUT2D eigenvalue weighted by molar-refractivity contribution is -0.121. The van der Waals surface area contributed by atoms with Crippen molar-refractivity contribution in [2.75, 3.05) is 39.4 Å². The molecule has 0 aromatic heterocycles. The quantitative estimate of drug-likeness (QED) is 0.842. The molecular formula is C19H25N3O3. The second kappa shape index (κ2) is 6.67. The number of urea groups is 1. The zero-order valence-electron chi connectivity index (χ0n) is 14.4. The molecule has 4 rings (SSSR count). The van der Waals surface area contributed by atoms with Crippen LogP contribution in [0.15, 0.2) is 30.3 Å². The Morgan fingerprint density at radius 3 is 2.36 bits per heavy atom. The molecule has 0 saturated carbocycles. The third kappa shape index (κ3) is 3.23. The molecule has 1 aromatic carbocycles. The van der Waals surface area contributed by atoms with Crippen LogP contribution in [-0.4, -0.2) is 66.7 Å². The van der Waals surface area contributed by atoms with Crippen LogP contribution < -0.4 is 5.32 Å². The largest absolute Gasteiger partial charge is 0.378 e. The lowest BCUT2D eigenvalue weighted by Crippen LogP contribution is -2.56. The van der Waals surface area contributed by atoms with E-state index in [1.54, 1.807) is 0 Å². The monoisotopic (exact) mass is 343 g/mol. The minimum atomic E-state index is -0.153. The number of benzene rings is 1. The average Bonchev–Trinajstić information content (AvgIpc) is 2.99. The zero-order valence-corrected chi connectivity index (χ0v) is 14.4. The maximum atomic E-state index is 12.6. The molecule has 0 bridgehead atoms. The Balaban J connectivity index is 1.38. The normalized spacial score (nSPS) is 25.9. The molecular weight excluding hydrogens is 318 g/mol. The third-order valence-corrected chi connectivity index (χ3v) is 5.77. The zero-order chi connectivity index (χ0) is 17.3. The van der Waals surface area contributed by atoms with Crippen molar-refractivity contribution in [1.82, 2.24) is 15.1 Å². The fourth-order valence-electron chi connectivity index (χ4n) is 4.25. The van der Waals surface area contributed by atoms with Crippen LogP contribution >= 0.6 is 0 Å². The SMILES string of the molecule is O=C1NC2(CCN(C(=O)N3CCOCC3)CC2)CC1c1ccccc1. The standard InChI is InChI=1S/C19H25N3O3/c23-17-16(15-4-2-1-3-5-15)14-19(20-17)6-8-21(9-7-19)18(24)22-10-12-25-13-11-22/h1-5,16H,6-14H2,(H,20,23). The number of carbonyl (C=O) groups is 2. The number of carbonyl (C=O) groups excluding carboxylic acids is 2. The molecule has 3 heterocycles. The Morgan fingerprint density at radius 2 is 1.68 bits per heavy atom. The molecule has 1 unspecified atom stereocenters. The lowest BCUT2D eigenvalue weighted by atomic mass is 9.82. The van der Waals surface area contributed by atoms with Crippen molar-refractivity contribution in [3.05, 3.63) is 35.9 Å². The van der Waals surface area contributed by atoms with Gasteiger partial charge in [-0.15, -0.1) is 0 Å². The summed E-state index contributed by atoms with van der Waals surface area (Å²) in [6, 6.07) is 10.1. The van der Waals surface area contributed by atoms with E-state index in [1.165, 1.54) is 0 Å². The molecule has 1 spiro atoms. The van der Waals surface area contributed by atoms with Gasteiger partial charge in [0.05, 0.1) is 19.1 Å². The second-order valence-corrected chi connectivity index (χ2v) is 7.31. The number of ether oxygens (including phenoxy) is 1. The summed E-state index contributed by atoms with van der Waals surface area (Å²) in [5, 5.41) is 3.25. The van der Waals surface area contributed by atoms with Crippen molar-refractivity contribution in [3.8, 4) is 0 Å². The van der Waals surface area contributed by atoms with Crippen LogP contribution in [0.2, 0.25) is 0 Å². The molecule has 6 heteroatoms. The van der Waals surface area contributed by atoms with Crippen molar-refractivity contribution in [1.29, 1.82) is 0 Å². The molecule has 1 N–H and O–H groups in total. The van der Waals surface area contributed by atoms with Crippen molar-refractivity contribution >= 4 is 11.9 Å². The molecule has 1 aromatic rings. The van der Waals surface area contributed by atoms with E-state index in [2.05, 4.69) is 5.32 Å². The van der Waals surface area contributed by atoms with E-state index < -0.39 is 0 Å². The van der Waals surface area contributed by atoms with E-state index >= 15 is 0 Å². The maximum absolute atomic E-state index is 12.6. The van der Waals surface area contributed by atoms with Crippen LogP contribution in [0.3, 0.4) is 0 Å². The first kappa shape index (κ1) is 16.4. The van der Waals surface area contributed by atoms with Gasteiger partial charge in [0.15, 0.2) is 0 Å². The molecule has 3 fully saturated rings. The van der Waals surface area contributed by atoms with Crippen LogP contribution in [0.25, 0.3) is 0 Å². The Hall–Kier alpha value is -2.08. The summed E-state index contributed by atoms with van der Waals surface area (Å²) in [6.07, 6.45) is 2.49. The Morgan fingerprint density at radius 1 is 1.04 bits per heavy atom. The smallest absolute Gasteiger partial charge is 0.320 e. The van der Waals surface area contributed by atoms with Gasteiger partial charge in [0.25, 0.3) is 0 Å². The number of hydrogen-bond acceptors (Lipinski definition) is 3. The average molecular weight is 343 g/mol. The van der Waals surface area contributed by atoms with E-state index in [9.17, 15) is 9.59 Å². The number of likely N-dealkylation sites (tertiary alicyclic amines) is 1. The van der Waals surface area contributed by atoms with Crippen LogP contribution in [0.5, 0.6) is 0 Å². The van der Waals surface area contributed by atoms with E-state index in [4.69, 9.17) is 4.74 Å². The summed E-state index contributed by atoms with van der Waals surface area (Å²) < 4.78 is 5.32. The molecule has 0 radical (unpaired) electrons. The van der Waals surface area contributed by atoms with E-state index in [0.29, 0.717) is 39.4 Å². The molecule has 1 atom stereocenters. The van der Waals surface area contributed by atoms with E-state index in [1.807, 2.05) is 40.1 Å². The van der Waals surface area contributed by atoms with Gasteiger partial charge in [0.2, 0.25) is 5.91 Å². The first-order chi connectivity index (χ1) is 12.2. The summed E-state index contributed by atoms with van der Waals surface area (Å²) in [5.74, 6) is 0.0573. The molecule has 3 saturated heterocycles. The second-order valence-electron chi connectivity index (χ2n) is 7.31. The number of hydrogen-bond donors (Lipinski definition) is 1. The van der Waals surface area contributed by atoms with Crippen molar-refractivity contribution < 1.29 is 14.3 Å². The third-order valence-electron chi connectivity index (χ3n) is 5.77. The minimum absolute atomic E-state index is 0.0669. The van der Waals surface area contributed by atoms with Gasteiger partial charge in [-0.2, -0.15) is 0 Å². The van der Waals surface area contributed by atoms with Gasteiger partial charge in [0, 0.05) is 31.7 Å². The number of nitrogens with one attached hydrogen (secondary N) is 1. The van der Waals surface area contributed by atoms with Crippen LogP contribution in [-0.2, 0) is 9.53 Å². The van der Waals surface area contributed by atoms with Gasteiger partial charge in [-0.25, -0.2) is 4.79 Å². The number of piperidine rings is 1. The molecule has 6 nitrogen and oxygen atoms in total. The van der Waals surface area contributed by atoms with Crippen molar-refractivity contribution in [2.24, 2.45) is 0 Å². The highest BCUT2D eigenvalue weighted by atomic mass is 16.5. The summed E-state index contributed by atoms with van der Waals surface area (Å²) >= 11 is 0. The number of amides is 3. The number of rotatable bonds is 1. The van der Waals surface area contributed by atoms with Gasteiger partial charge in [0.1, 0.15) is 0 Å². The summed E-state index contributed by atoms with van der Waals surface area (Å²) in [7, 11) is 0. The fraction of sp³-hybridized carbons (Fsp3) is 0.579. The van der Waals surface area contributed by atoms with Gasteiger partial charge < -0.3 is 19.9 Å². The molecule has 0 aliphatic carbocycles. The van der Waals surface area contributed by atoms with Crippen LogP contribution in [0, 0.1) is 0 Å². The summed E-state index contributed by atoms with van der Waals surface area (Å²) in [4.78, 5) is 28.9. The first-order valence-corrected chi connectivity index (χ1v) is 9.15. The van der Waals surface area contributed by atoms with Gasteiger partial charge >= 0.3 is 6.03 Å². The first-order valence-electron chi connectivity index (χ1n) is 9.15. The highest BCUT2D eigenvalue weighted by molar-refractivity contribution is 5.87. The summed E-state index contributed by atoms with van der Waals surface area (Å²) in [6.45, 7) is 4.01. The Kier molecular flexibility index (Phi) is 4.37. The lowest BCUT2D eigenvalue weighted by Gasteiger charge is -2.41. The predicted molar refractivity (Wildman–Crippen MR) is 93.3 cm³/mol. The number of nitrogens with zero attached hydrogens (tertiary/aromatic N) is 2. The topological polar surface area (TPSA) is 61.9 Å². The highest BCUT2D eigenvalue weighted by Crippen LogP contribution is 2.39. The predicted octanol–water partition coefficient (Wildman–Crippen LogP) is 1.58. The van der Waals surface area contributed by atoms with Crippen LogP contribution in [0.4, 0.5) is 4.79 Å². The van der Waals surface area contributed by atoms with Crippen molar-refractivity contribution in [2.45, 2.75) is 30.7 Å². The maximum Gasteiger partial charge on any atom is 0.320 e. The van der Waals surface area contributed by atoms with E-state index in [0.717, 1.165) is 24.8 Å². The summed E-state index contributed by atoms with van der Waals surface area (Å²) in [5.41, 5.74) is 0.933. The Bertz CT molecular complexity index is 635. The van der Waals surface area contributed by atoms with Crippen molar-refractivity contribution in [3.63, 3.8) is 0 Å². The molecule has 3 aliphatic rings.